The summed E-state index contributed by atoms with van der Waals surface area (Å²) in [5.74, 6) is -0.0545. The molecule has 1 aliphatic heterocycles. The predicted molar refractivity (Wildman–Crippen MR) is 95.7 cm³/mol. The summed E-state index contributed by atoms with van der Waals surface area (Å²) >= 11 is 1.36. The minimum Gasteiger partial charge on any atom is -0.306 e. The highest BCUT2D eigenvalue weighted by atomic mass is 32.2. The number of thiazole rings is 1. The number of benzene rings is 1. The van der Waals surface area contributed by atoms with Gasteiger partial charge in [0.25, 0.3) is 0 Å². The molecule has 1 fully saturated rings. The Balaban J connectivity index is 1.67. The normalized spacial score (nSPS) is 17.6. The van der Waals surface area contributed by atoms with Gasteiger partial charge in [-0.2, -0.15) is 0 Å². The van der Waals surface area contributed by atoms with Gasteiger partial charge >= 0.3 is 0 Å². The van der Waals surface area contributed by atoms with Crippen molar-refractivity contribution in [1.29, 1.82) is 0 Å². The summed E-state index contributed by atoms with van der Waals surface area (Å²) in [6.07, 6.45) is 2.96. The van der Waals surface area contributed by atoms with Gasteiger partial charge in [-0.3, -0.25) is 9.52 Å². The molecule has 1 aromatic heterocycles. The summed E-state index contributed by atoms with van der Waals surface area (Å²) in [7, 11) is -3.29. The van der Waals surface area contributed by atoms with Gasteiger partial charge in [0.15, 0.2) is 5.13 Å². The minimum atomic E-state index is -3.29. The molecule has 1 amide bonds. The van der Waals surface area contributed by atoms with E-state index in [1.165, 1.54) is 11.3 Å². The molecule has 128 valence electrons. The maximum atomic E-state index is 12.1. The molecule has 1 aromatic carbocycles. The molecule has 0 saturated carbocycles. The van der Waals surface area contributed by atoms with Crippen molar-refractivity contribution in [1.82, 2.24) is 10.3 Å². The first-order chi connectivity index (χ1) is 11.4. The summed E-state index contributed by atoms with van der Waals surface area (Å²) in [5.41, 5.74) is 2.09. The van der Waals surface area contributed by atoms with Crippen molar-refractivity contribution in [3.8, 4) is 11.3 Å². The van der Waals surface area contributed by atoms with Crippen LogP contribution in [0, 0.1) is 0 Å². The third-order valence-electron chi connectivity index (χ3n) is 3.60. The fraction of sp³-hybridized carbons (Fsp3) is 0.333. The van der Waals surface area contributed by atoms with E-state index in [9.17, 15) is 13.2 Å². The van der Waals surface area contributed by atoms with E-state index < -0.39 is 10.0 Å². The molecule has 0 spiro atoms. The van der Waals surface area contributed by atoms with Gasteiger partial charge in [0.05, 0.1) is 18.0 Å². The molecule has 7 nitrogen and oxygen atoms in total. The molecular formula is C15H18N4O3S2. The molecule has 2 aromatic rings. The Hall–Kier alpha value is -1.97. The van der Waals surface area contributed by atoms with Gasteiger partial charge < -0.3 is 10.6 Å². The highest BCUT2D eigenvalue weighted by molar-refractivity contribution is 7.92. The van der Waals surface area contributed by atoms with Gasteiger partial charge in [-0.15, -0.1) is 11.3 Å². The first kappa shape index (κ1) is 16.9. The molecule has 0 bridgehead atoms. The van der Waals surface area contributed by atoms with Crippen molar-refractivity contribution in [2.24, 2.45) is 0 Å². The van der Waals surface area contributed by atoms with Crippen LogP contribution in [0.3, 0.4) is 0 Å². The van der Waals surface area contributed by atoms with Crippen LogP contribution in [-0.2, 0) is 14.8 Å². The number of hydrogen-bond acceptors (Lipinski definition) is 6. The molecule has 9 heteroatoms. The highest BCUT2D eigenvalue weighted by Gasteiger charge is 2.22. The zero-order valence-corrected chi connectivity index (χ0v) is 14.7. The third-order valence-corrected chi connectivity index (χ3v) is 4.96. The monoisotopic (exact) mass is 366 g/mol. The average molecular weight is 366 g/mol. The van der Waals surface area contributed by atoms with Crippen LogP contribution in [0.1, 0.15) is 12.8 Å². The zero-order valence-electron chi connectivity index (χ0n) is 13.1. The van der Waals surface area contributed by atoms with E-state index in [0.717, 1.165) is 36.9 Å². The molecule has 3 N–H and O–H groups in total. The predicted octanol–water partition coefficient (Wildman–Crippen LogP) is 1.87. The van der Waals surface area contributed by atoms with E-state index in [1.54, 1.807) is 24.3 Å². The Morgan fingerprint density at radius 3 is 2.71 bits per heavy atom. The second-order valence-corrected chi connectivity index (χ2v) is 8.23. The quantitative estimate of drug-likeness (QED) is 0.750. The van der Waals surface area contributed by atoms with E-state index in [1.807, 2.05) is 5.38 Å². The Labute approximate surface area is 144 Å². The zero-order chi connectivity index (χ0) is 17.2. The SMILES string of the molecule is CS(=O)(=O)Nc1ccc(-c2csc(NC(=O)C3CCCN3)n2)cc1. The fourth-order valence-electron chi connectivity index (χ4n) is 2.49. The van der Waals surface area contributed by atoms with Crippen LogP contribution in [0.25, 0.3) is 11.3 Å². The van der Waals surface area contributed by atoms with Crippen molar-refractivity contribution >= 4 is 38.1 Å². The number of hydrogen-bond donors (Lipinski definition) is 3. The van der Waals surface area contributed by atoms with E-state index in [2.05, 4.69) is 20.3 Å². The summed E-state index contributed by atoms with van der Waals surface area (Å²) in [6, 6.07) is 6.78. The minimum absolute atomic E-state index is 0.0545. The fourth-order valence-corrected chi connectivity index (χ4v) is 3.77. The second-order valence-electron chi connectivity index (χ2n) is 5.63. The van der Waals surface area contributed by atoms with Crippen LogP contribution in [0.2, 0.25) is 0 Å². The van der Waals surface area contributed by atoms with Gasteiger partial charge in [-0.05, 0) is 31.5 Å². The number of sulfonamides is 1. The summed E-state index contributed by atoms with van der Waals surface area (Å²) in [4.78, 5) is 16.5. The summed E-state index contributed by atoms with van der Waals surface area (Å²) < 4.78 is 24.8. The number of carbonyl (C=O) groups is 1. The maximum Gasteiger partial charge on any atom is 0.243 e. The van der Waals surface area contributed by atoms with E-state index in [-0.39, 0.29) is 11.9 Å². The third kappa shape index (κ3) is 4.31. The Kier molecular flexibility index (Phi) is 4.83. The molecule has 2 heterocycles. The number of nitrogens with zero attached hydrogens (tertiary/aromatic N) is 1. The lowest BCUT2D eigenvalue weighted by atomic mass is 10.1. The van der Waals surface area contributed by atoms with Crippen LogP contribution in [0.5, 0.6) is 0 Å². The lowest BCUT2D eigenvalue weighted by Gasteiger charge is -2.08. The molecule has 0 aliphatic carbocycles. The number of aromatic nitrogens is 1. The molecule has 1 atom stereocenters. The number of nitrogens with one attached hydrogen (secondary N) is 3. The number of rotatable bonds is 5. The van der Waals surface area contributed by atoms with E-state index in [4.69, 9.17) is 0 Å². The summed E-state index contributed by atoms with van der Waals surface area (Å²) in [6.45, 7) is 0.870. The van der Waals surface area contributed by atoms with Crippen LogP contribution in [0.15, 0.2) is 29.6 Å². The first-order valence-electron chi connectivity index (χ1n) is 7.49. The van der Waals surface area contributed by atoms with Gasteiger partial charge in [-0.1, -0.05) is 12.1 Å². The topological polar surface area (TPSA) is 100 Å². The Morgan fingerprint density at radius 1 is 1.33 bits per heavy atom. The molecule has 3 rings (SSSR count). The van der Waals surface area contributed by atoms with Gasteiger partial charge in [-0.25, -0.2) is 13.4 Å². The van der Waals surface area contributed by atoms with Crippen molar-refractivity contribution in [2.75, 3.05) is 22.8 Å². The Bertz CT molecular complexity index is 825. The van der Waals surface area contributed by atoms with Gasteiger partial charge in [0, 0.05) is 16.6 Å². The van der Waals surface area contributed by atoms with Crippen LogP contribution in [0.4, 0.5) is 10.8 Å². The van der Waals surface area contributed by atoms with Crippen LogP contribution in [-0.4, -0.2) is 38.2 Å². The molecule has 0 radical (unpaired) electrons. The molecule has 1 saturated heterocycles. The number of carbonyl (C=O) groups excluding carboxylic acids is 1. The first-order valence-corrected chi connectivity index (χ1v) is 10.3. The lowest BCUT2D eigenvalue weighted by molar-refractivity contribution is -0.117. The molecule has 1 unspecified atom stereocenters. The van der Waals surface area contributed by atoms with Crippen LogP contribution < -0.4 is 15.4 Å². The van der Waals surface area contributed by atoms with Crippen molar-refractivity contribution in [2.45, 2.75) is 18.9 Å². The average Bonchev–Trinajstić information content (AvgIpc) is 3.17. The van der Waals surface area contributed by atoms with Gasteiger partial charge in [0.1, 0.15) is 0 Å². The largest absolute Gasteiger partial charge is 0.306 e. The maximum absolute atomic E-state index is 12.1. The second kappa shape index (κ2) is 6.88. The lowest BCUT2D eigenvalue weighted by Crippen LogP contribution is -2.35. The van der Waals surface area contributed by atoms with Gasteiger partial charge in [0.2, 0.25) is 15.9 Å². The Morgan fingerprint density at radius 2 is 2.08 bits per heavy atom. The van der Waals surface area contributed by atoms with Crippen molar-refractivity contribution in [3.05, 3.63) is 29.6 Å². The van der Waals surface area contributed by atoms with E-state index in [0.29, 0.717) is 10.8 Å². The number of amides is 1. The van der Waals surface area contributed by atoms with E-state index >= 15 is 0 Å². The standard InChI is InChI=1S/C15H18N4O3S2/c1-24(21,22)19-11-6-4-10(5-7-11)13-9-23-15(17-13)18-14(20)12-3-2-8-16-12/h4-7,9,12,16,19H,2-3,8H2,1H3,(H,17,18,20). The highest BCUT2D eigenvalue weighted by Crippen LogP contribution is 2.26. The van der Waals surface area contributed by atoms with Crippen molar-refractivity contribution < 1.29 is 13.2 Å². The molecule has 24 heavy (non-hydrogen) atoms. The summed E-state index contributed by atoms with van der Waals surface area (Å²) in [5, 5.41) is 8.39. The smallest absolute Gasteiger partial charge is 0.243 e. The van der Waals surface area contributed by atoms with Crippen molar-refractivity contribution in [3.63, 3.8) is 0 Å². The van der Waals surface area contributed by atoms with Crippen LogP contribution >= 0.6 is 11.3 Å². The molecular weight excluding hydrogens is 348 g/mol. The molecule has 1 aliphatic rings. The number of anilines is 2.